The van der Waals surface area contributed by atoms with Crippen LogP contribution in [0.2, 0.25) is 0 Å². The van der Waals surface area contributed by atoms with Crippen molar-refractivity contribution in [2.45, 2.75) is 44.2 Å². The van der Waals surface area contributed by atoms with E-state index in [0.29, 0.717) is 12.3 Å². The Bertz CT molecular complexity index is 975. The zero-order valence-corrected chi connectivity index (χ0v) is 19.2. The van der Waals surface area contributed by atoms with Crippen LogP contribution in [0.3, 0.4) is 0 Å². The van der Waals surface area contributed by atoms with Crippen LogP contribution >= 0.6 is 11.8 Å². The molecule has 0 bridgehead atoms. The van der Waals surface area contributed by atoms with Gasteiger partial charge in [-0.05, 0) is 22.5 Å². The molecule has 1 amide bonds. The standard InChI is InChI=1S/C24H30N4OS/c1-17(18-9-7-6-8-10-18)15-25-21(29)16-30-23-27-26-22(28(23)5)19-11-13-20(14-12-19)24(2,3)4/h6-14,17H,15-16H2,1-5H3,(H,25,29). The highest BCUT2D eigenvalue weighted by Crippen LogP contribution is 2.27. The molecule has 1 N–H and O–H groups in total. The molecule has 1 unspecified atom stereocenters. The Labute approximate surface area is 183 Å². The van der Waals surface area contributed by atoms with E-state index < -0.39 is 0 Å². The van der Waals surface area contributed by atoms with E-state index in [-0.39, 0.29) is 17.2 Å². The molecule has 5 nitrogen and oxygen atoms in total. The summed E-state index contributed by atoms with van der Waals surface area (Å²) in [6, 6.07) is 18.6. The average Bonchev–Trinajstić information content (AvgIpc) is 3.11. The molecule has 6 heteroatoms. The molecule has 1 aromatic heterocycles. The summed E-state index contributed by atoms with van der Waals surface area (Å²) >= 11 is 1.40. The topological polar surface area (TPSA) is 59.8 Å². The maximum Gasteiger partial charge on any atom is 0.230 e. The predicted molar refractivity (Wildman–Crippen MR) is 124 cm³/mol. The van der Waals surface area contributed by atoms with Crippen LogP contribution in [0.1, 0.15) is 44.7 Å². The number of carbonyl (C=O) groups is 1. The maximum atomic E-state index is 12.3. The lowest BCUT2D eigenvalue weighted by atomic mass is 9.87. The lowest BCUT2D eigenvalue weighted by Crippen LogP contribution is -2.29. The lowest BCUT2D eigenvalue weighted by Gasteiger charge is -2.19. The molecule has 30 heavy (non-hydrogen) atoms. The monoisotopic (exact) mass is 422 g/mol. The summed E-state index contributed by atoms with van der Waals surface area (Å²) in [5.41, 5.74) is 3.64. The Morgan fingerprint density at radius 3 is 2.37 bits per heavy atom. The van der Waals surface area contributed by atoms with Crippen LogP contribution in [0, 0.1) is 0 Å². The molecule has 2 aromatic carbocycles. The minimum atomic E-state index is 0.00172. The van der Waals surface area contributed by atoms with Crippen molar-refractivity contribution in [1.29, 1.82) is 0 Å². The highest BCUT2D eigenvalue weighted by atomic mass is 32.2. The van der Waals surface area contributed by atoms with E-state index in [4.69, 9.17) is 0 Å². The van der Waals surface area contributed by atoms with Gasteiger partial charge in [-0.25, -0.2) is 0 Å². The fourth-order valence-electron chi connectivity index (χ4n) is 3.16. The summed E-state index contributed by atoms with van der Waals surface area (Å²) in [7, 11) is 1.94. The highest BCUT2D eigenvalue weighted by Gasteiger charge is 2.16. The largest absolute Gasteiger partial charge is 0.355 e. The molecule has 0 aliphatic heterocycles. The van der Waals surface area contributed by atoms with Crippen LogP contribution in [0.5, 0.6) is 0 Å². The molecule has 0 spiro atoms. The quantitative estimate of drug-likeness (QED) is 0.556. The van der Waals surface area contributed by atoms with Gasteiger partial charge in [0.05, 0.1) is 5.75 Å². The van der Waals surface area contributed by atoms with Gasteiger partial charge < -0.3 is 9.88 Å². The number of carbonyl (C=O) groups excluding carboxylic acids is 1. The van der Waals surface area contributed by atoms with Crippen molar-refractivity contribution >= 4 is 17.7 Å². The number of benzene rings is 2. The van der Waals surface area contributed by atoms with Crippen molar-refractivity contribution in [3.63, 3.8) is 0 Å². The van der Waals surface area contributed by atoms with Gasteiger partial charge in [-0.1, -0.05) is 94.1 Å². The number of nitrogens with one attached hydrogen (secondary N) is 1. The van der Waals surface area contributed by atoms with Crippen molar-refractivity contribution in [3.05, 3.63) is 65.7 Å². The molecule has 0 aliphatic rings. The predicted octanol–water partition coefficient (Wildman–Crippen LogP) is 4.79. The summed E-state index contributed by atoms with van der Waals surface area (Å²) in [6.45, 7) is 9.33. The normalized spacial score (nSPS) is 12.6. The molecular weight excluding hydrogens is 392 g/mol. The van der Waals surface area contributed by atoms with Crippen molar-refractivity contribution in [2.75, 3.05) is 12.3 Å². The molecule has 0 radical (unpaired) electrons. The van der Waals surface area contributed by atoms with Crippen molar-refractivity contribution in [2.24, 2.45) is 7.05 Å². The lowest BCUT2D eigenvalue weighted by molar-refractivity contribution is -0.118. The second-order valence-corrected chi connectivity index (χ2v) is 9.54. The summed E-state index contributed by atoms with van der Waals surface area (Å²) in [5.74, 6) is 1.40. The van der Waals surface area contributed by atoms with Gasteiger partial charge in [-0.15, -0.1) is 10.2 Å². The van der Waals surface area contributed by atoms with E-state index in [1.165, 1.54) is 22.9 Å². The van der Waals surface area contributed by atoms with Crippen LogP contribution in [-0.4, -0.2) is 33.0 Å². The Kier molecular flexibility index (Phi) is 6.98. The zero-order chi connectivity index (χ0) is 21.7. The van der Waals surface area contributed by atoms with Crippen LogP contribution in [-0.2, 0) is 17.3 Å². The summed E-state index contributed by atoms with van der Waals surface area (Å²) in [4.78, 5) is 12.3. The van der Waals surface area contributed by atoms with Gasteiger partial charge in [0.15, 0.2) is 11.0 Å². The minimum absolute atomic E-state index is 0.00172. The second-order valence-electron chi connectivity index (χ2n) is 8.60. The number of nitrogens with zero attached hydrogens (tertiary/aromatic N) is 3. The van der Waals surface area contributed by atoms with E-state index in [9.17, 15) is 4.79 Å². The number of hydrogen-bond donors (Lipinski definition) is 1. The van der Waals surface area contributed by atoms with Crippen LogP contribution in [0.4, 0.5) is 0 Å². The average molecular weight is 423 g/mol. The van der Waals surface area contributed by atoms with Crippen LogP contribution in [0.15, 0.2) is 59.8 Å². The molecule has 3 rings (SSSR count). The minimum Gasteiger partial charge on any atom is -0.355 e. The van der Waals surface area contributed by atoms with E-state index >= 15 is 0 Å². The Morgan fingerprint density at radius 2 is 1.73 bits per heavy atom. The molecule has 0 aliphatic carbocycles. The maximum absolute atomic E-state index is 12.3. The number of rotatable bonds is 7. The Balaban J connectivity index is 1.55. The number of aromatic nitrogens is 3. The third-order valence-electron chi connectivity index (χ3n) is 5.15. The smallest absolute Gasteiger partial charge is 0.230 e. The number of thioether (sulfide) groups is 1. The van der Waals surface area contributed by atoms with E-state index in [1.807, 2.05) is 29.8 Å². The number of hydrogen-bond acceptors (Lipinski definition) is 4. The molecule has 1 atom stereocenters. The molecule has 0 fully saturated rings. The van der Waals surface area contributed by atoms with Crippen molar-refractivity contribution in [3.8, 4) is 11.4 Å². The molecule has 3 aromatic rings. The first-order valence-corrected chi connectivity index (χ1v) is 11.2. The zero-order valence-electron chi connectivity index (χ0n) is 18.3. The number of amides is 1. The van der Waals surface area contributed by atoms with Gasteiger partial charge in [0, 0.05) is 19.2 Å². The van der Waals surface area contributed by atoms with E-state index in [0.717, 1.165) is 16.5 Å². The first-order valence-electron chi connectivity index (χ1n) is 10.2. The first kappa shape index (κ1) is 22.1. The Hall–Kier alpha value is -2.60. The second kappa shape index (κ2) is 9.47. The van der Waals surface area contributed by atoms with E-state index in [1.54, 1.807) is 0 Å². The van der Waals surface area contributed by atoms with E-state index in [2.05, 4.69) is 79.6 Å². The summed E-state index contributed by atoms with van der Waals surface area (Å²) in [6.07, 6.45) is 0. The van der Waals surface area contributed by atoms with Gasteiger partial charge in [-0.3, -0.25) is 4.79 Å². The SMILES string of the molecule is CC(CNC(=O)CSc1nnc(-c2ccc(C(C)(C)C)cc2)n1C)c1ccccc1. The molecule has 158 valence electrons. The molecule has 0 saturated carbocycles. The first-order chi connectivity index (χ1) is 14.3. The van der Waals surface area contributed by atoms with Gasteiger partial charge in [-0.2, -0.15) is 0 Å². The molecular formula is C24H30N4OS. The third kappa shape index (κ3) is 5.51. The fraction of sp³-hybridized carbons (Fsp3) is 0.375. The van der Waals surface area contributed by atoms with Gasteiger partial charge in [0.25, 0.3) is 0 Å². The van der Waals surface area contributed by atoms with Gasteiger partial charge in [0.1, 0.15) is 0 Å². The van der Waals surface area contributed by atoms with Crippen LogP contribution < -0.4 is 5.32 Å². The van der Waals surface area contributed by atoms with Gasteiger partial charge >= 0.3 is 0 Å². The van der Waals surface area contributed by atoms with Crippen LogP contribution in [0.25, 0.3) is 11.4 Å². The fourth-order valence-corrected chi connectivity index (χ4v) is 3.90. The highest BCUT2D eigenvalue weighted by molar-refractivity contribution is 7.99. The Morgan fingerprint density at radius 1 is 1.07 bits per heavy atom. The summed E-state index contributed by atoms with van der Waals surface area (Å²) in [5, 5.41) is 12.3. The summed E-state index contributed by atoms with van der Waals surface area (Å²) < 4.78 is 1.94. The molecule has 1 heterocycles. The molecule has 0 saturated heterocycles. The van der Waals surface area contributed by atoms with Gasteiger partial charge in [0.2, 0.25) is 5.91 Å². The third-order valence-corrected chi connectivity index (χ3v) is 6.17. The van der Waals surface area contributed by atoms with Crippen molar-refractivity contribution in [1.82, 2.24) is 20.1 Å². The van der Waals surface area contributed by atoms with Crippen molar-refractivity contribution < 1.29 is 4.79 Å².